The van der Waals surface area contributed by atoms with Crippen LogP contribution in [0.4, 0.5) is 17.5 Å². The molecule has 2 aromatic carbocycles. The summed E-state index contributed by atoms with van der Waals surface area (Å²) in [6.07, 6.45) is 1.53. The summed E-state index contributed by atoms with van der Waals surface area (Å²) in [7, 11) is 0. The molecule has 36 heavy (non-hydrogen) atoms. The van der Waals surface area contributed by atoms with Crippen LogP contribution in [0.5, 0.6) is 0 Å². The van der Waals surface area contributed by atoms with Crippen molar-refractivity contribution in [1.29, 1.82) is 0 Å². The van der Waals surface area contributed by atoms with Crippen molar-refractivity contribution in [3.05, 3.63) is 77.2 Å². The molecule has 1 aliphatic rings. The van der Waals surface area contributed by atoms with Crippen molar-refractivity contribution in [2.24, 2.45) is 0 Å². The predicted octanol–water partition coefficient (Wildman–Crippen LogP) is 2.89. The van der Waals surface area contributed by atoms with Gasteiger partial charge < -0.3 is 30.7 Å². The maximum atomic E-state index is 11.8. The van der Waals surface area contributed by atoms with Gasteiger partial charge in [-0.3, -0.25) is 4.79 Å². The first-order valence-electron chi connectivity index (χ1n) is 11.4. The second kappa shape index (κ2) is 9.36. The Morgan fingerprint density at radius 2 is 1.94 bits per heavy atom. The van der Waals surface area contributed by atoms with E-state index in [1.54, 1.807) is 26.0 Å². The minimum atomic E-state index is -1.29. The monoisotopic (exact) mass is 487 g/mol. The molecule has 0 fully saturated rings. The second-order valence-corrected chi connectivity index (χ2v) is 8.91. The summed E-state index contributed by atoms with van der Waals surface area (Å²) in [5, 5.41) is 33.4. The van der Waals surface area contributed by atoms with Crippen molar-refractivity contribution in [2.45, 2.75) is 32.0 Å². The Bertz CT molecular complexity index is 1400. The van der Waals surface area contributed by atoms with Gasteiger partial charge in [0.25, 0.3) is 11.8 Å². The van der Waals surface area contributed by atoms with Gasteiger partial charge in [0, 0.05) is 24.0 Å². The van der Waals surface area contributed by atoms with Gasteiger partial charge in [-0.2, -0.15) is 9.97 Å². The van der Waals surface area contributed by atoms with E-state index in [4.69, 9.17) is 4.52 Å². The second-order valence-electron chi connectivity index (χ2n) is 8.91. The molecule has 1 atom stereocenters. The van der Waals surface area contributed by atoms with Gasteiger partial charge in [0.2, 0.25) is 11.8 Å². The van der Waals surface area contributed by atoms with E-state index in [9.17, 15) is 15.0 Å². The molecule has 11 heteroatoms. The highest BCUT2D eigenvalue weighted by molar-refractivity contribution is 5.98. The Morgan fingerprint density at radius 1 is 1.14 bits per heavy atom. The summed E-state index contributed by atoms with van der Waals surface area (Å²) in [6.45, 7) is 3.38. The normalized spacial score (nSPS) is 13.7. The van der Waals surface area contributed by atoms with Gasteiger partial charge in [-0.1, -0.05) is 35.5 Å². The fraction of sp³-hybridized carbons (Fsp3) is 0.240. The lowest BCUT2D eigenvalue weighted by Gasteiger charge is -2.19. The number of hydrogen-bond donors (Lipinski definition) is 5. The Balaban J connectivity index is 1.50. The number of carbonyl (C=O) groups excluding carboxylic acids is 1. The third-order valence-corrected chi connectivity index (χ3v) is 5.73. The molecule has 4 aromatic rings. The van der Waals surface area contributed by atoms with E-state index >= 15 is 0 Å². The molecule has 0 spiro atoms. The van der Waals surface area contributed by atoms with Gasteiger partial charge in [0.05, 0.1) is 12.6 Å². The fourth-order valence-electron chi connectivity index (χ4n) is 3.81. The third-order valence-electron chi connectivity index (χ3n) is 5.73. The van der Waals surface area contributed by atoms with Crippen LogP contribution in [0.15, 0.2) is 59.3 Å². The lowest BCUT2D eigenvalue weighted by molar-refractivity contribution is 0.0661. The molecule has 0 saturated carbocycles. The molecule has 0 aliphatic carbocycles. The number of rotatable bonds is 8. The Hall–Kier alpha value is -4.35. The average molecular weight is 488 g/mol. The largest absolute Gasteiger partial charge is 0.394 e. The lowest BCUT2D eigenvalue weighted by atomic mass is 10.1. The molecule has 0 radical (unpaired) electrons. The van der Waals surface area contributed by atoms with Crippen LogP contribution in [0.2, 0.25) is 0 Å². The topological polar surface area (TPSA) is 158 Å². The molecule has 1 amide bonds. The highest BCUT2D eigenvalue weighted by Crippen LogP contribution is 2.31. The molecule has 3 heterocycles. The first kappa shape index (κ1) is 23.4. The quantitative estimate of drug-likeness (QED) is 0.250. The van der Waals surface area contributed by atoms with E-state index in [1.165, 1.54) is 6.20 Å². The molecule has 5 N–H and O–H groups in total. The van der Waals surface area contributed by atoms with E-state index in [0.717, 1.165) is 11.1 Å². The molecular weight excluding hydrogens is 462 g/mol. The first-order valence-corrected chi connectivity index (χ1v) is 11.4. The van der Waals surface area contributed by atoms with Crippen LogP contribution < -0.4 is 16.0 Å². The van der Waals surface area contributed by atoms with Gasteiger partial charge in [-0.15, -0.1) is 0 Å². The van der Waals surface area contributed by atoms with Crippen molar-refractivity contribution in [1.82, 2.24) is 25.4 Å². The zero-order chi connectivity index (χ0) is 25.3. The summed E-state index contributed by atoms with van der Waals surface area (Å²) >= 11 is 0. The third kappa shape index (κ3) is 4.74. The van der Waals surface area contributed by atoms with Crippen molar-refractivity contribution < 1.29 is 19.5 Å². The first-order chi connectivity index (χ1) is 17.3. The maximum absolute atomic E-state index is 11.8. The van der Waals surface area contributed by atoms with E-state index < -0.39 is 11.6 Å². The van der Waals surface area contributed by atoms with Crippen molar-refractivity contribution in [3.8, 4) is 11.5 Å². The molecule has 0 unspecified atom stereocenters. The SMILES string of the molecule is CC(C)(O)c1noc(-c2cnc(Nc3ccc4c(c3)CNC4=O)nc2N[C@H](CO)c2ccccc2)n1. The highest BCUT2D eigenvalue weighted by Gasteiger charge is 2.26. The number of aliphatic hydroxyl groups is 2. The number of carbonyl (C=O) groups is 1. The van der Waals surface area contributed by atoms with Gasteiger partial charge in [-0.05, 0) is 43.2 Å². The Kier molecular flexibility index (Phi) is 6.08. The lowest BCUT2D eigenvalue weighted by Crippen LogP contribution is -2.18. The van der Waals surface area contributed by atoms with Crippen LogP contribution in [-0.4, -0.2) is 42.8 Å². The molecule has 184 valence electrons. The summed E-state index contributed by atoms with van der Waals surface area (Å²) < 4.78 is 5.39. The fourth-order valence-corrected chi connectivity index (χ4v) is 3.81. The van der Waals surface area contributed by atoms with Crippen molar-refractivity contribution in [2.75, 3.05) is 17.2 Å². The van der Waals surface area contributed by atoms with E-state index in [1.807, 2.05) is 36.4 Å². The number of aliphatic hydroxyl groups excluding tert-OH is 1. The van der Waals surface area contributed by atoms with E-state index in [-0.39, 0.29) is 30.2 Å². The van der Waals surface area contributed by atoms with Crippen molar-refractivity contribution >= 4 is 23.4 Å². The Labute approximate surface area is 206 Å². The number of fused-ring (bicyclic) bond motifs is 1. The number of amides is 1. The molecule has 0 saturated heterocycles. The van der Waals surface area contributed by atoms with Crippen LogP contribution in [-0.2, 0) is 12.1 Å². The minimum absolute atomic E-state index is 0.0930. The van der Waals surface area contributed by atoms with Gasteiger partial charge in [0.15, 0.2) is 0 Å². The van der Waals surface area contributed by atoms with E-state index in [0.29, 0.717) is 29.2 Å². The Morgan fingerprint density at radius 3 is 2.67 bits per heavy atom. The number of aromatic nitrogens is 4. The van der Waals surface area contributed by atoms with Gasteiger partial charge in [0.1, 0.15) is 17.0 Å². The minimum Gasteiger partial charge on any atom is -0.394 e. The highest BCUT2D eigenvalue weighted by atomic mass is 16.5. The van der Waals surface area contributed by atoms with E-state index in [2.05, 4.69) is 36.1 Å². The number of benzene rings is 2. The van der Waals surface area contributed by atoms with Crippen molar-refractivity contribution in [3.63, 3.8) is 0 Å². The van der Waals surface area contributed by atoms with Crippen LogP contribution >= 0.6 is 0 Å². The molecule has 0 bridgehead atoms. The average Bonchev–Trinajstić information content (AvgIpc) is 3.51. The van der Waals surface area contributed by atoms with Crippen LogP contribution in [0, 0.1) is 0 Å². The van der Waals surface area contributed by atoms with Crippen LogP contribution in [0.1, 0.15) is 47.2 Å². The standard InChI is InChI=1S/C25H25N7O4/c1-25(2,35)23-31-22(36-32-23)18-12-27-24(28-16-8-9-17-15(10-16)11-26-21(17)34)30-20(18)29-19(13-33)14-6-4-3-5-7-14/h3-10,12,19,33,35H,11,13H2,1-2H3,(H,26,34)(H2,27,28,29,30)/t19-/m1/s1. The summed E-state index contributed by atoms with van der Waals surface area (Å²) in [5.41, 5.74) is 2.22. The molecule has 5 rings (SSSR count). The molecule has 2 aromatic heterocycles. The predicted molar refractivity (Wildman–Crippen MR) is 131 cm³/mol. The van der Waals surface area contributed by atoms with Crippen LogP contribution in [0.25, 0.3) is 11.5 Å². The number of nitrogens with one attached hydrogen (secondary N) is 3. The number of nitrogens with zero attached hydrogens (tertiary/aromatic N) is 4. The maximum Gasteiger partial charge on any atom is 0.263 e. The molecular formula is C25H25N7O4. The summed E-state index contributed by atoms with van der Waals surface area (Å²) in [5.74, 6) is 0.774. The molecule has 11 nitrogen and oxygen atoms in total. The van der Waals surface area contributed by atoms with Crippen LogP contribution in [0.3, 0.4) is 0 Å². The number of anilines is 3. The molecule has 1 aliphatic heterocycles. The van der Waals surface area contributed by atoms with Gasteiger partial charge >= 0.3 is 0 Å². The summed E-state index contributed by atoms with van der Waals surface area (Å²) in [6, 6.07) is 14.4. The zero-order valence-corrected chi connectivity index (χ0v) is 19.7. The number of hydrogen-bond acceptors (Lipinski definition) is 10. The summed E-state index contributed by atoms with van der Waals surface area (Å²) in [4.78, 5) is 25.2. The smallest absolute Gasteiger partial charge is 0.263 e. The zero-order valence-electron chi connectivity index (χ0n) is 19.7. The van der Waals surface area contributed by atoms with Gasteiger partial charge in [-0.25, -0.2) is 4.98 Å².